The smallest absolute Gasteiger partial charge is 0.257 e. The number of carbonyl (C=O) groups is 1. The first-order chi connectivity index (χ1) is 8.59. The van der Waals surface area contributed by atoms with E-state index in [1.807, 2.05) is 31.2 Å². The van der Waals surface area contributed by atoms with Gasteiger partial charge in [-0.3, -0.25) is 9.89 Å². The van der Waals surface area contributed by atoms with Crippen LogP contribution >= 0.6 is 0 Å². The van der Waals surface area contributed by atoms with Gasteiger partial charge in [0, 0.05) is 18.9 Å². The van der Waals surface area contributed by atoms with Gasteiger partial charge in [0.15, 0.2) is 0 Å². The van der Waals surface area contributed by atoms with Crippen LogP contribution in [0.15, 0.2) is 36.7 Å². The Morgan fingerprint density at radius 2 is 2.28 bits per heavy atom. The monoisotopic (exact) mass is 244 g/mol. The first-order valence-corrected chi connectivity index (χ1v) is 5.71. The van der Waals surface area contributed by atoms with Crippen LogP contribution in [0.4, 0.5) is 5.69 Å². The zero-order valence-corrected chi connectivity index (χ0v) is 10.4. The molecule has 1 atom stereocenters. The van der Waals surface area contributed by atoms with Gasteiger partial charge in [0.2, 0.25) is 0 Å². The van der Waals surface area contributed by atoms with Gasteiger partial charge in [-0.25, -0.2) is 0 Å². The number of hydrogen-bond donors (Lipinski definition) is 2. The number of nitrogen functional groups attached to an aromatic ring is 1. The van der Waals surface area contributed by atoms with Crippen LogP contribution in [0.25, 0.3) is 0 Å². The molecule has 1 aromatic heterocycles. The summed E-state index contributed by atoms with van der Waals surface area (Å²) in [4.78, 5) is 13.8. The van der Waals surface area contributed by atoms with E-state index in [-0.39, 0.29) is 11.9 Å². The van der Waals surface area contributed by atoms with Gasteiger partial charge in [-0.2, -0.15) is 5.10 Å². The Balaban J connectivity index is 2.18. The van der Waals surface area contributed by atoms with Crippen LogP contribution in [0.3, 0.4) is 0 Å². The Bertz CT molecular complexity index is 536. The van der Waals surface area contributed by atoms with Gasteiger partial charge in [-0.1, -0.05) is 12.1 Å². The molecule has 1 amide bonds. The normalized spacial score (nSPS) is 12.1. The zero-order valence-electron chi connectivity index (χ0n) is 10.4. The van der Waals surface area contributed by atoms with Crippen LogP contribution in [-0.4, -0.2) is 28.1 Å². The molecule has 94 valence electrons. The van der Waals surface area contributed by atoms with Crippen LogP contribution in [0.5, 0.6) is 0 Å². The lowest BCUT2D eigenvalue weighted by Gasteiger charge is -2.25. The van der Waals surface area contributed by atoms with Crippen molar-refractivity contribution in [2.45, 2.75) is 13.0 Å². The van der Waals surface area contributed by atoms with Gasteiger partial charge in [-0.15, -0.1) is 0 Å². The molecular formula is C13H16N4O. The first kappa shape index (κ1) is 12.2. The fourth-order valence-corrected chi connectivity index (χ4v) is 1.79. The molecule has 1 aromatic carbocycles. The average molecular weight is 244 g/mol. The third kappa shape index (κ3) is 2.34. The molecule has 0 bridgehead atoms. The average Bonchev–Trinajstić information content (AvgIpc) is 2.90. The topological polar surface area (TPSA) is 75.0 Å². The Morgan fingerprint density at radius 1 is 1.50 bits per heavy atom. The number of rotatable bonds is 3. The molecule has 5 nitrogen and oxygen atoms in total. The van der Waals surface area contributed by atoms with E-state index in [9.17, 15) is 4.79 Å². The summed E-state index contributed by atoms with van der Waals surface area (Å²) < 4.78 is 0. The maximum Gasteiger partial charge on any atom is 0.257 e. The molecule has 3 N–H and O–H groups in total. The summed E-state index contributed by atoms with van der Waals surface area (Å²) in [5, 5.41) is 6.42. The number of carbonyl (C=O) groups excluding carboxylic acids is 1. The van der Waals surface area contributed by atoms with Gasteiger partial charge in [0.1, 0.15) is 0 Å². The Morgan fingerprint density at radius 3 is 2.89 bits per heavy atom. The van der Waals surface area contributed by atoms with Crippen molar-refractivity contribution in [1.82, 2.24) is 15.1 Å². The number of hydrogen-bond acceptors (Lipinski definition) is 3. The molecule has 0 aliphatic carbocycles. The van der Waals surface area contributed by atoms with Crippen molar-refractivity contribution in [1.29, 1.82) is 0 Å². The van der Waals surface area contributed by atoms with Crippen molar-refractivity contribution < 1.29 is 4.79 Å². The van der Waals surface area contributed by atoms with E-state index < -0.39 is 0 Å². The number of benzene rings is 1. The minimum absolute atomic E-state index is 0.0455. The largest absolute Gasteiger partial charge is 0.399 e. The summed E-state index contributed by atoms with van der Waals surface area (Å²) in [5.74, 6) is -0.0707. The quantitative estimate of drug-likeness (QED) is 0.809. The molecule has 18 heavy (non-hydrogen) atoms. The molecule has 0 saturated heterocycles. The van der Waals surface area contributed by atoms with E-state index in [0.29, 0.717) is 11.3 Å². The van der Waals surface area contributed by atoms with Crippen LogP contribution in [0.1, 0.15) is 28.9 Å². The van der Waals surface area contributed by atoms with Gasteiger partial charge in [0.25, 0.3) is 5.91 Å². The standard InChI is InChI=1S/C13H16N4O/c1-9(10-4-3-5-12(14)6-10)17(2)13(18)11-7-15-16-8-11/h3-9H,14H2,1-2H3,(H,15,16). The van der Waals surface area contributed by atoms with Gasteiger partial charge < -0.3 is 10.6 Å². The van der Waals surface area contributed by atoms with E-state index in [1.165, 1.54) is 6.20 Å². The van der Waals surface area contributed by atoms with Crippen LogP contribution in [0, 0.1) is 0 Å². The van der Waals surface area contributed by atoms with Gasteiger partial charge in [0.05, 0.1) is 17.8 Å². The van der Waals surface area contributed by atoms with Crippen molar-refractivity contribution >= 4 is 11.6 Å². The first-order valence-electron chi connectivity index (χ1n) is 5.71. The lowest BCUT2D eigenvalue weighted by Crippen LogP contribution is -2.29. The summed E-state index contributed by atoms with van der Waals surface area (Å²) >= 11 is 0. The second kappa shape index (κ2) is 4.91. The van der Waals surface area contributed by atoms with Crippen molar-refractivity contribution in [3.05, 3.63) is 47.8 Å². The fourth-order valence-electron chi connectivity index (χ4n) is 1.79. The number of H-pyrrole nitrogens is 1. The van der Waals surface area contributed by atoms with E-state index in [4.69, 9.17) is 5.73 Å². The van der Waals surface area contributed by atoms with Crippen LogP contribution in [-0.2, 0) is 0 Å². The zero-order chi connectivity index (χ0) is 13.1. The highest BCUT2D eigenvalue weighted by atomic mass is 16.2. The fraction of sp³-hybridized carbons (Fsp3) is 0.231. The highest BCUT2D eigenvalue weighted by Gasteiger charge is 2.19. The SMILES string of the molecule is CC(c1cccc(N)c1)N(C)C(=O)c1cn[nH]c1. The molecular weight excluding hydrogens is 228 g/mol. The lowest BCUT2D eigenvalue weighted by molar-refractivity contribution is 0.0742. The number of nitrogens with zero attached hydrogens (tertiary/aromatic N) is 2. The summed E-state index contributed by atoms with van der Waals surface area (Å²) in [6, 6.07) is 7.51. The number of nitrogens with one attached hydrogen (secondary N) is 1. The Kier molecular flexibility index (Phi) is 3.32. The number of aromatic amines is 1. The van der Waals surface area contributed by atoms with E-state index in [1.54, 1.807) is 18.1 Å². The van der Waals surface area contributed by atoms with Crippen LogP contribution in [0.2, 0.25) is 0 Å². The molecule has 2 aromatic rings. The number of amides is 1. The van der Waals surface area contributed by atoms with E-state index >= 15 is 0 Å². The van der Waals surface area contributed by atoms with Gasteiger partial charge in [-0.05, 0) is 24.6 Å². The number of aromatic nitrogens is 2. The third-order valence-corrected chi connectivity index (χ3v) is 3.04. The summed E-state index contributed by atoms with van der Waals surface area (Å²) in [6.07, 6.45) is 3.11. The molecule has 0 fully saturated rings. The summed E-state index contributed by atoms with van der Waals surface area (Å²) in [5.41, 5.74) is 8.00. The Labute approximate surface area is 106 Å². The molecule has 2 rings (SSSR count). The number of nitrogens with two attached hydrogens (primary N) is 1. The highest BCUT2D eigenvalue weighted by molar-refractivity contribution is 5.93. The van der Waals surface area contributed by atoms with Crippen molar-refractivity contribution in [3.8, 4) is 0 Å². The van der Waals surface area contributed by atoms with E-state index in [2.05, 4.69) is 10.2 Å². The Hall–Kier alpha value is -2.30. The van der Waals surface area contributed by atoms with Crippen molar-refractivity contribution in [2.24, 2.45) is 0 Å². The van der Waals surface area contributed by atoms with E-state index in [0.717, 1.165) is 5.56 Å². The molecule has 1 unspecified atom stereocenters. The predicted molar refractivity (Wildman–Crippen MR) is 70.0 cm³/mol. The van der Waals surface area contributed by atoms with Crippen molar-refractivity contribution in [2.75, 3.05) is 12.8 Å². The lowest BCUT2D eigenvalue weighted by atomic mass is 10.1. The predicted octanol–water partition coefficient (Wildman–Crippen LogP) is 1.83. The molecule has 0 aliphatic heterocycles. The minimum Gasteiger partial charge on any atom is -0.399 e. The molecule has 0 radical (unpaired) electrons. The molecule has 0 saturated carbocycles. The molecule has 5 heteroatoms. The molecule has 0 spiro atoms. The maximum atomic E-state index is 12.1. The highest BCUT2D eigenvalue weighted by Crippen LogP contribution is 2.22. The second-order valence-electron chi connectivity index (χ2n) is 4.25. The number of anilines is 1. The minimum atomic E-state index is -0.0707. The summed E-state index contributed by atoms with van der Waals surface area (Å²) in [7, 11) is 1.77. The molecule has 1 heterocycles. The van der Waals surface area contributed by atoms with Crippen LogP contribution < -0.4 is 5.73 Å². The maximum absolute atomic E-state index is 12.1. The van der Waals surface area contributed by atoms with Gasteiger partial charge >= 0.3 is 0 Å². The third-order valence-electron chi connectivity index (χ3n) is 3.04. The summed E-state index contributed by atoms with van der Waals surface area (Å²) in [6.45, 7) is 1.97. The van der Waals surface area contributed by atoms with Crippen molar-refractivity contribution in [3.63, 3.8) is 0 Å². The molecule has 0 aliphatic rings. The second-order valence-corrected chi connectivity index (χ2v) is 4.25.